The Morgan fingerprint density at radius 3 is 2.36 bits per heavy atom. The summed E-state index contributed by atoms with van der Waals surface area (Å²) in [4.78, 5) is 13.3. The molecule has 0 aliphatic carbocycles. The van der Waals surface area contributed by atoms with Crippen molar-refractivity contribution in [2.45, 2.75) is 41.9 Å². The zero-order chi connectivity index (χ0) is 22.8. The smallest absolute Gasteiger partial charge is 0.252 e. The number of thiophene rings is 1. The van der Waals surface area contributed by atoms with Crippen molar-refractivity contribution in [3.8, 4) is 11.5 Å². The zero-order valence-electron chi connectivity index (χ0n) is 18.1. The van der Waals surface area contributed by atoms with Gasteiger partial charge in [0.2, 0.25) is 5.91 Å². The number of sulfonamides is 1. The van der Waals surface area contributed by atoms with Crippen molar-refractivity contribution in [3.63, 3.8) is 0 Å². The van der Waals surface area contributed by atoms with Gasteiger partial charge in [-0.25, -0.2) is 8.42 Å². The standard InChI is InChI=1S/C25H26N2O4S2/c28-25(24-19-9-1-3-11-21(19)31-22-12-4-2-10-20(22)24)26-15-14-18-8-5-6-16-27(18)33(29,30)23-13-7-17-32-23/h1-4,7,9-13,17-18,24H,5-6,8,14-16H2,(H,26,28). The van der Waals surface area contributed by atoms with Crippen LogP contribution in [0.25, 0.3) is 0 Å². The monoisotopic (exact) mass is 482 g/mol. The van der Waals surface area contributed by atoms with Crippen LogP contribution in [0.5, 0.6) is 11.5 Å². The van der Waals surface area contributed by atoms with Crippen molar-refractivity contribution in [2.75, 3.05) is 13.1 Å². The summed E-state index contributed by atoms with van der Waals surface area (Å²) in [5.41, 5.74) is 1.68. The molecule has 2 aliphatic rings. The zero-order valence-corrected chi connectivity index (χ0v) is 19.8. The van der Waals surface area contributed by atoms with Crippen LogP contribution in [0.15, 0.2) is 70.3 Å². The van der Waals surface area contributed by atoms with Gasteiger partial charge < -0.3 is 10.1 Å². The summed E-state index contributed by atoms with van der Waals surface area (Å²) in [7, 11) is -3.50. The number of hydrogen-bond acceptors (Lipinski definition) is 5. The maximum atomic E-state index is 13.3. The molecule has 33 heavy (non-hydrogen) atoms. The van der Waals surface area contributed by atoms with Crippen LogP contribution in [0.2, 0.25) is 0 Å². The lowest BCUT2D eigenvalue weighted by Gasteiger charge is -2.34. The van der Waals surface area contributed by atoms with E-state index in [1.54, 1.807) is 21.8 Å². The van der Waals surface area contributed by atoms with Gasteiger partial charge in [0.05, 0.1) is 5.92 Å². The number of ether oxygens (including phenoxy) is 1. The number of piperidine rings is 1. The fourth-order valence-corrected chi connectivity index (χ4v) is 7.60. The molecule has 1 fully saturated rings. The van der Waals surface area contributed by atoms with E-state index in [9.17, 15) is 13.2 Å². The molecule has 2 aliphatic heterocycles. The second-order valence-electron chi connectivity index (χ2n) is 8.39. The predicted molar refractivity (Wildman–Crippen MR) is 128 cm³/mol. The minimum Gasteiger partial charge on any atom is -0.457 e. The number of rotatable bonds is 6. The lowest BCUT2D eigenvalue weighted by atomic mass is 9.87. The first-order chi connectivity index (χ1) is 16.1. The number of nitrogens with zero attached hydrogens (tertiary/aromatic N) is 1. The summed E-state index contributed by atoms with van der Waals surface area (Å²) < 4.78 is 34.2. The molecule has 5 rings (SSSR count). The first kappa shape index (κ1) is 22.1. The van der Waals surface area contributed by atoms with Gasteiger partial charge in [0.1, 0.15) is 15.7 Å². The molecule has 8 heteroatoms. The fraction of sp³-hybridized carbons (Fsp3) is 0.320. The van der Waals surface area contributed by atoms with E-state index >= 15 is 0 Å². The SMILES string of the molecule is O=C(NCCC1CCCCN1S(=O)(=O)c1cccs1)C1c2ccccc2Oc2ccccc21. The molecular weight excluding hydrogens is 456 g/mol. The highest BCUT2D eigenvalue weighted by Crippen LogP contribution is 2.43. The van der Waals surface area contributed by atoms with Gasteiger partial charge in [-0.05, 0) is 42.8 Å². The summed E-state index contributed by atoms with van der Waals surface area (Å²) in [6, 6.07) is 18.5. The van der Waals surface area contributed by atoms with E-state index in [2.05, 4.69) is 5.32 Å². The van der Waals surface area contributed by atoms with Crippen LogP contribution in [0.3, 0.4) is 0 Å². The molecule has 0 spiro atoms. The average Bonchev–Trinajstić information content (AvgIpc) is 3.39. The van der Waals surface area contributed by atoms with Crippen molar-refractivity contribution in [1.29, 1.82) is 0 Å². The molecule has 1 atom stereocenters. The van der Waals surface area contributed by atoms with Gasteiger partial charge in [0.15, 0.2) is 0 Å². The number of benzene rings is 2. The number of hydrogen-bond donors (Lipinski definition) is 1. The topological polar surface area (TPSA) is 75.7 Å². The van der Waals surface area contributed by atoms with Crippen LogP contribution in [0, 0.1) is 0 Å². The summed E-state index contributed by atoms with van der Waals surface area (Å²) in [6.07, 6.45) is 3.26. The van der Waals surface area contributed by atoms with Crippen LogP contribution >= 0.6 is 11.3 Å². The highest BCUT2D eigenvalue weighted by molar-refractivity contribution is 7.91. The van der Waals surface area contributed by atoms with Crippen LogP contribution in [0.1, 0.15) is 42.7 Å². The van der Waals surface area contributed by atoms with Gasteiger partial charge in [-0.15, -0.1) is 11.3 Å². The molecule has 3 aromatic rings. The molecule has 1 unspecified atom stereocenters. The molecular formula is C25H26N2O4S2. The third-order valence-corrected chi connectivity index (χ3v) is 9.67. The Labute approximate surface area is 198 Å². The molecule has 1 amide bonds. The number of para-hydroxylation sites is 2. The highest BCUT2D eigenvalue weighted by Gasteiger charge is 2.35. The van der Waals surface area contributed by atoms with Gasteiger partial charge in [-0.2, -0.15) is 4.31 Å². The lowest BCUT2D eigenvalue weighted by Crippen LogP contribution is -2.45. The van der Waals surface area contributed by atoms with Crippen LogP contribution in [-0.4, -0.2) is 37.8 Å². The molecule has 1 saturated heterocycles. The predicted octanol–water partition coefficient (Wildman–Crippen LogP) is 4.74. The van der Waals surface area contributed by atoms with E-state index in [1.807, 2.05) is 48.5 Å². The minimum atomic E-state index is -3.50. The van der Waals surface area contributed by atoms with Crippen LogP contribution in [0.4, 0.5) is 0 Å². The first-order valence-electron chi connectivity index (χ1n) is 11.2. The lowest BCUT2D eigenvalue weighted by molar-refractivity contribution is -0.121. The Morgan fingerprint density at radius 2 is 1.70 bits per heavy atom. The van der Waals surface area contributed by atoms with Crippen LogP contribution < -0.4 is 10.1 Å². The second-order valence-corrected chi connectivity index (χ2v) is 11.5. The largest absolute Gasteiger partial charge is 0.457 e. The number of nitrogens with one attached hydrogen (secondary N) is 1. The Bertz CT molecular complexity index is 1200. The normalized spacial score (nSPS) is 18.7. The van der Waals surface area contributed by atoms with Crippen molar-refractivity contribution in [1.82, 2.24) is 9.62 Å². The third-order valence-electron chi connectivity index (χ3n) is 6.35. The van der Waals surface area contributed by atoms with Crippen molar-refractivity contribution >= 4 is 27.3 Å². The molecule has 0 saturated carbocycles. The third kappa shape index (κ3) is 4.30. The highest BCUT2D eigenvalue weighted by atomic mass is 32.2. The quantitative estimate of drug-likeness (QED) is 0.551. The number of fused-ring (bicyclic) bond motifs is 2. The average molecular weight is 483 g/mol. The second kappa shape index (κ2) is 9.29. The van der Waals surface area contributed by atoms with Crippen molar-refractivity contribution in [2.24, 2.45) is 0 Å². The molecule has 6 nitrogen and oxygen atoms in total. The van der Waals surface area contributed by atoms with Gasteiger partial charge >= 0.3 is 0 Å². The van der Waals surface area contributed by atoms with E-state index in [-0.39, 0.29) is 11.9 Å². The number of amides is 1. The molecule has 2 aromatic carbocycles. The number of carbonyl (C=O) groups is 1. The molecule has 1 aromatic heterocycles. The van der Waals surface area contributed by atoms with E-state index in [0.29, 0.717) is 35.2 Å². The van der Waals surface area contributed by atoms with E-state index < -0.39 is 15.9 Å². The Kier molecular flexibility index (Phi) is 6.23. The van der Waals surface area contributed by atoms with Gasteiger partial charge in [-0.1, -0.05) is 48.9 Å². The number of carbonyl (C=O) groups excluding carboxylic acids is 1. The molecule has 1 N–H and O–H groups in total. The summed E-state index contributed by atoms with van der Waals surface area (Å²) in [5, 5.41) is 4.86. The van der Waals surface area contributed by atoms with E-state index in [0.717, 1.165) is 30.4 Å². The van der Waals surface area contributed by atoms with Crippen molar-refractivity contribution < 1.29 is 17.9 Å². The summed E-state index contributed by atoms with van der Waals surface area (Å²) >= 11 is 1.25. The van der Waals surface area contributed by atoms with Gasteiger partial charge in [0, 0.05) is 30.3 Å². The molecule has 0 radical (unpaired) electrons. The summed E-state index contributed by atoms with van der Waals surface area (Å²) in [6.45, 7) is 0.946. The van der Waals surface area contributed by atoms with Gasteiger partial charge in [0.25, 0.3) is 10.0 Å². The maximum absolute atomic E-state index is 13.3. The Balaban J connectivity index is 1.30. The minimum absolute atomic E-state index is 0.0957. The van der Waals surface area contributed by atoms with Gasteiger partial charge in [-0.3, -0.25) is 4.79 Å². The fourth-order valence-electron chi connectivity index (χ4n) is 4.76. The first-order valence-corrected chi connectivity index (χ1v) is 13.6. The maximum Gasteiger partial charge on any atom is 0.252 e. The van der Waals surface area contributed by atoms with Crippen molar-refractivity contribution in [3.05, 3.63) is 77.2 Å². The van der Waals surface area contributed by atoms with E-state index in [4.69, 9.17) is 4.74 Å². The Morgan fingerprint density at radius 1 is 1.00 bits per heavy atom. The molecule has 0 bridgehead atoms. The van der Waals surface area contributed by atoms with Crippen LogP contribution in [-0.2, 0) is 14.8 Å². The summed E-state index contributed by atoms with van der Waals surface area (Å²) in [5.74, 6) is 0.832. The van der Waals surface area contributed by atoms with E-state index in [1.165, 1.54) is 11.3 Å². The molecule has 3 heterocycles. The molecule has 172 valence electrons. The Hall–Kier alpha value is -2.68.